The van der Waals surface area contributed by atoms with Gasteiger partial charge < -0.3 is 4.40 Å². The van der Waals surface area contributed by atoms with E-state index in [0.717, 1.165) is 21.9 Å². The Morgan fingerprint density at radius 2 is 2.35 bits per heavy atom. The summed E-state index contributed by atoms with van der Waals surface area (Å²) < 4.78 is 1.86. The highest BCUT2D eigenvalue weighted by Gasteiger charge is 2.09. The predicted molar refractivity (Wildman–Crippen MR) is 66.4 cm³/mol. The van der Waals surface area contributed by atoms with Crippen molar-refractivity contribution >= 4 is 23.3 Å². The van der Waals surface area contributed by atoms with Crippen LogP contribution in [-0.4, -0.2) is 20.7 Å². The molecular formula is C12H9N3OS. The molecule has 4 nitrogen and oxygen atoms in total. The summed E-state index contributed by atoms with van der Waals surface area (Å²) in [6, 6.07) is 3.59. The number of hydrogen-bond donors (Lipinski definition) is 0. The van der Waals surface area contributed by atoms with Gasteiger partial charge in [-0.15, -0.1) is 11.3 Å². The summed E-state index contributed by atoms with van der Waals surface area (Å²) in [6.45, 7) is 1.96. The van der Waals surface area contributed by atoms with E-state index in [1.807, 2.05) is 36.0 Å². The lowest BCUT2D eigenvalue weighted by Gasteiger charge is -1.93. The van der Waals surface area contributed by atoms with Crippen molar-refractivity contribution < 1.29 is 4.79 Å². The molecule has 3 aromatic rings. The highest BCUT2D eigenvalue weighted by atomic mass is 32.1. The summed E-state index contributed by atoms with van der Waals surface area (Å²) in [4.78, 5) is 20.6. The zero-order valence-corrected chi connectivity index (χ0v) is 9.94. The van der Waals surface area contributed by atoms with Gasteiger partial charge in [0.2, 0.25) is 0 Å². The molecule has 0 aliphatic rings. The number of aryl methyl sites for hydroxylation is 1. The van der Waals surface area contributed by atoms with Crippen LogP contribution >= 0.6 is 11.3 Å². The van der Waals surface area contributed by atoms with Gasteiger partial charge in [-0.3, -0.25) is 4.79 Å². The molecule has 84 valence electrons. The quantitative estimate of drug-likeness (QED) is 0.650. The lowest BCUT2D eigenvalue weighted by molar-refractivity contribution is 0.112. The topological polar surface area (TPSA) is 47.3 Å². The number of pyridine rings is 1. The minimum atomic E-state index is 0.597. The van der Waals surface area contributed by atoms with Gasteiger partial charge in [-0.2, -0.15) is 0 Å². The van der Waals surface area contributed by atoms with Crippen LogP contribution in [0.15, 0.2) is 30.7 Å². The van der Waals surface area contributed by atoms with Crippen LogP contribution in [0.1, 0.15) is 15.4 Å². The zero-order chi connectivity index (χ0) is 11.8. The smallest absolute Gasteiger partial charge is 0.153 e. The normalized spacial score (nSPS) is 10.9. The van der Waals surface area contributed by atoms with E-state index in [0.29, 0.717) is 11.2 Å². The second-order valence-corrected chi connectivity index (χ2v) is 4.92. The molecule has 0 fully saturated rings. The molecule has 5 heteroatoms. The van der Waals surface area contributed by atoms with Crippen molar-refractivity contribution in [3.63, 3.8) is 0 Å². The van der Waals surface area contributed by atoms with Crippen LogP contribution in [0.4, 0.5) is 0 Å². The first-order valence-electron chi connectivity index (χ1n) is 5.13. The molecule has 0 aliphatic carbocycles. The summed E-state index contributed by atoms with van der Waals surface area (Å²) >= 11 is 1.59. The molecule has 0 aromatic carbocycles. The van der Waals surface area contributed by atoms with Crippen molar-refractivity contribution in [2.75, 3.05) is 0 Å². The number of hydrogen-bond acceptors (Lipinski definition) is 4. The van der Waals surface area contributed by atoms with Gasteiger partial charge in [-0.1, -0.05) is 0 Å². The Morgan fingerprint density at radius 1 is 1.47 bits per heavy atom. The molecular weight excluding hydrogens is 234 g/mol. The largest absolute Gasteiger partial charge is 0.306 e. The number of rotatable bonds is 2. The Balaban J connectivity index is 2.23. The number of imidazole rings is 1. The molecule has 17 heavy (non-hydrogen) atoms. The van der Waals surface area contributed by atoms with Crippen LogP contribution < -0.4 is 0 Å². The minimum absolute atomic E-state index is 0.597. The summed E-state index contributed by atoms with van der Waals surface area (Å²) in [5, 5.41) is 1.01. The molecule has 0 spiro atoms. The van der Waals surface area contributed by atoms with Crippen LogP contribution in [0, 0.1) is 6.92 Å². The first-order valence-corrected chi connectivity index (χ1v) is 5.95. The average molecular weight is 243 g/mol. The van der Waals surface area contributed by atoms with Crippen LogP contribution in [0.2, 0.25) is 0 Å². The van der Waals surface area contributed by atoms with Crippen LogP contribution in [0.3, 0.4) is 0 Å². The lowest BCUT2D eigenvalue weighted by atomic mass is 10.3. The summed E-state index contributed by atoms with van der Waals surface area (Å²) in [7, 11) is 0. The zero-order valence-electron chi connectivity index (χ0n) is 9.12. The average Bonchev–Trinajstić information content (AvgIpc) is 2.93. The Kier molecular flexibility index (Phi) is 2.26. The van der Waals surface area contributed by atoms with E-state index >= 15 is 0 Å². The van der Waals surface area contributed by atoms with E-state index in [1.54, 1.807) is 17.4 Å². The first-order chi connectivity index (χ1) is 8.28. The van der Waals surface area contributed by atoms with Gasteiger partial charge in [0.1, 0.15) is 11.3 Å². The molecule has 0 saturated carbocycles. The molecule has 0 bridgehead atoms. The van der Waals surface area contributed by atoms with Crippen molar-refractivity contribution in [1.29, 1.82) is 0 Å². The Hall–Kier alpha value is -2.01. The van der Waals surface area contributed by atoms with Crippen molar-refractivity contribution in [1.82, 2.24) is 14.4 Å². The number of nitrogens with zero attached hydrogens (tertiary/aromatic N) is 3. The standard InChI is InChI=1S/C12H9N3OS/c1-8-13-5-11(17-8)10-6-15-4-2-3-9(7-16)12(15)14-10/h2-7H,1H3. The van der Waals surface area contributed by atoms with E-state index in [4.69, 9.17) is 0 Å². The monoisotopic (exact) mass is 243 g/mol. The maximum Gasteiger partial charge on any atom is 0.153 e. The third-order valence-electron chi connectivity index (χ3n) is 2.51. The Morgan fingerprint density at radius 3 is 3.06 bits per heavy atom. The van der Waals surface area contributed by atoms with E-state index in [-0.39, 0.29) is 0 Å². The lowest BCUT2D eigenvalue weighted by Crippen LogP contribution is -1.88. The fraction of sp³-hybridized carbons (Fsp3) is 0.0833. The maximum absolute atomic E-state index is 10.9. The molecule has 0 atom stereocenters. The van der Waals surface area contributed by atoms with Crippen LogP contribution in [0.25, 0.3) is 16.2 Å². The molecule has 3 aromatic heterocycles. The van der Waals surface area contributed by atoms with Crippen molar-refractivity contribution in [3.8, 4) is 10.6 Å². The fourth-order valence-electron chi connectivity index (χ4n) is 1.73. The second kappa shape index (κ2) is 3.78. The third kappa shape index (κ3) is 1.64. The first kappa shape index (κ1) is 10.2. The van der Waals surface area contributed by atoms with Gasteiger partial charge in [0, 0.05) is 18.6 Å². The summed E-state index contributed by atoms with van der Waals surface area (Å²) in [5.41, 5.74) is 2.13. The number of carbonyl (C=O) groups excluding carboxylic acids is 1. The molecule has 0 saturated heterocycles. The Bertz CT molecular complexity index is 699. The number of thiazole rings is 1. The van der Waals surface area contributed by atoms with Crippen molar-refractivity contribution in [2.24, 2.45) is 0 Å². The SMILES string of the molecule is Cc1ncc(-c2cn3cccc(C=O)c3n2)s1. The molecule has 0 radical (unpaired) electrons. The Labute approximate surface area is 102 Å². The van der Waals surface area contributed by atoms with E-state index in [9.17, 15) is 4.79 Å². The van der Waals surface area contributed by atoms with Gasteiger partial charge in [0.15, 0.2) is 6.29 Å². The van der Waals surface area contributed by atoms with E-state index in [2.05, 4.69) is 9.97 Å². The highest BCUT2D eigenvalue weighted by Crippen LogP contribution is 2.25. The molecule has 3 heterocycles. The van der Waals surface area contributed by atoms with Crippen LogP contribution in [-0.2, 0) is 0 Å². The van der Waals surface area contributed by atoms with E-state index < -0.39 is 0 Å². The minimum Gasteiger partial charge on any atom is -0.306 e. The third-order valence-corrected chi connectivity index (χ3v) is 3.45. The van der Waals surface area contributed by atoms with Gasteiger partial charge in [0.25, 0.3) is 0 Å². The molecule has 3 rings (SSSR count). The van der Waals surface area contributed by atoms with E-state index in [1.165, 1.54) is 0 Å². The van der Waals surface area contributed by atoms with Gasteiger partial charge in [-0.05, 0) is 19.1 Å². The number of aromatic nitrogens is 3. The maximum atomic E-state index is 10.9. The number of fused-ring (bicyclic) bond motifs is 1. The van der Waals surface area contributed by atoms with Crippen molar-refractivity contribution in [3.05, 3.63) is 41.3 Å². The van der Waals surface area contributed by atoms with Crippen LogP contribution in [0.5, 0.6) is 0 Å². The molecule has 0 amide bonds. The predicted octanol–water partition coefficient (Wildman–Crippen LogP) is 2.58. The molecule has 0 aliphatic heterocycles. The van der Waals surface area contributed by atoms with Crippen molar-refractivity contribution in [2.45, 2.75) is 6.92 Å². The molecule has 0 N–H and O–H groups in total. The fourth-order valence-corrected chi connectivity index (χ4v) is 2.46. The number of aldehydes is 1. The van der Waals surface area contributed by atoms with Gasteiger partial charge in [-0.25, -0.2) is 9.97 Å². The molecule has 0 unspecified atom stereocenters. The summed E-state index contributed by atoms with van der Waals surface area (Å²) in [6.07, 6.45) is 6.43. The number of carbonyl (C=O) groups is 1. The summed E-state index contributed by atoms with van der Waals surface area (Å²) in [5.74, 6) is 0. The van der Waals surface area contributed by atoms with Gasteiger partial charge in [0.05, 0.1) is 15.4 Å². The van der Waals surface area contributed by atoms with Gasteiger partial charge >= 0.3 is 0 Å². The highest BCUT2D eigenvalue weighted by molar-refractivity contribution is 7.15. The second-order valence-electron chi connectivity index (χ2n) is 3.68.